The summed E-state index contributed by atoms with van der Waals surface area (Å²) in [5, 5.41) is 0. The minimum Gasteiger partial charge on any atom is -0.489 e. The lowest BCUT2D eigenvalue weighted by Gasteiger charge is -2.05. The van der Waals surface area contributed by atoms with Crippen LogP contribution in [0.1, 0.15) is 35.3 Å². The molecule has 0 aromatic heterocycles. The van der Waals surface area contributed by atoms with Crippen LogP contribution in [0.15, 0.2) is 59.9 Å². The smallest absolute Gasteiger partial charge is 0.231 e. The zero-order chi connectivity index (χ0) is 17.1. The van der Waals surface area contributed by atoms with Crippen LogP contribution in [0.2, 0.25) is 0 Å². The van der Waals surface area contributed by atoms with Gasteiger partial charge in [0.25, 0.3) is 0 Å². The molecule has 24 heavy (non-hydrogen) atoms. The number of rotatable bonds is 4. The van der Waals surface area contributed by atoms with Crippen LogP contribution in [0.25, 0.3) is 6.08 Å². The molecule has 122 valence electrons. The second-order valence-electron chi connectivity index (χ2n) is 6.10. The van der Waals surface area contributed by atoms with E-state index in [1.165, 1.54) is 11.1 Å². The molecule has 0 spiro atoms. The molecule has 0 radical (unpaired) electrons. The third-order valence-electron chi connectivity index (χ3n) is 3.76. The van der Waals surface area contributed by atoms with Crippen LogP contribution in [0.5, 0.6) is 11.5 Å². The Hall–Kier alpha value is -2.81. The van der Waals surface area contributed by atoms with E-state index in [4.69, 9.17) is 9.47 Å². The van der Waals surface area contributed by atoms with E-state index in [2.05, 4.69) is 0 Å². The van der Waals surface area contributed by atoms with Crippen LogP contribution in [0.3, 0.4) is 0 Å². The minimum atomic E-state index is -0.0959. The van der Waals surface area contributed by atoms with Gasteiger partial charge >= 0.3 is 0 Å². The summed E-state index contributed by atoms with van der Waals surface area (Å²) in [6.45, 7) is 6.58. The van der Waals surface area contributed by atoms with Crippen molar-refractivity contribution in [2.45, 2.75) is 20.8 Å². The van der Waals surface area contributed by atoms with E-state index in [0.29, 0.717) is 29.4 Å². The van der Waals surface area contributed by atoms with E-state index >= 15 is 0 Å². The zero-order valence-electron chi connectivity index (χ0n) is 14.1. The number of aryl methyl sites for hydroxylation is 1. The summed E-state index contributed by atoms with van der Waals surface area (Å²) >= 11 is 0. The Morgan fingerprint density at radius 3 is 2.58 bits per heavy atom. The normalized spacial score (nSPS) is 14.3. The molecule has 3 nitrogen and oxygen atoms in total. The second-order valence-corrected chi connectivity index (χ2v) is 6.10. The van der Waals surface area contributed by atoms with E-state index in [1.807, 2.05) is 51.1 Å². The topological polar surface area (TPSA) is 35.5 Å². The number of carbonyl (C=O) groups excluding carboxylic acids is 1. The Bertz CT molecular complexity index is 823. The molecular formula is C21H20O3. The number of hydrogen-bond acceptors (Lipinski definition) is 3. The molecule has 0 atom stereocenters. The Kier molecular flexibility index (Phi) is 4.52. The van der Waals surface area contributed by atoms with Gasteiger partial charge in [-0.3, -0.25) is 4.79 Å². The van der Waals surface area contributed by atoms with Crippen LogP contribution in [-0.2, 0) is 0 Å². The second kappa shape index (κ2) is 6.75. The molecule has 1 aliphatic rings. The lowest BCUT2D eigenvalue weighted by atomic mass is 10.1. The van der Waals surface area contributed by atoms with Crippen LogP contribution in [-0.4, -0.2) is 12.4 Å². The molecule has 0 N–H and O–H groups in total. The van der Waals surface area contributed by atoms with Crippen molar-refractivity contribution in [3.8, 4) is 11.5 Å². The van der Waals surface area contributed by atoms with Gasteiger partial charge in [-0.15, -0.1) is 0 Å². The first-order chi connectivity index (χ1) is 11.5. The molecule has 2 aromatic carbocycles. The zero-order valence-corrected chi connectivity index (χ0v) is 14.1. The van der Waals surface area contributed by atoms with E-state index < -0.39 is 0 Å². The van der Waals surface area contributed by atoms with Gasteiger partial charge in [0.1, 0.15) is 18.1 Å². The predicted molar refractivity (Wildman–Crippen MR) is 95.5 cm³/mol. The summed E-state index contributed by atoms with van der Waals surface area (Å²) < 4.78 is 11.4. The Labute approximate surface area is 142 Å². The maximum atomic E-state index is 12.4. The maximum absolute atomic E-state index is 12.4. The average Bonchev–Trinajstić information content (AvgIpc) is 2.85. The lowest BCUT2D eigenvalue weighted by Crippen LogP contribution is -1.98. The number of Topliss-reactive ketones (excluding diaryl/α,β-unsaturated/α-hetero) is 1. The van der Waals surface area contributed by atoms with E-state index in [9.17, 15) is 4.79 Å². The van der Waals surface area contributed by atoms with Gasteiger partial charge in [0, 0.05) is 6.07 Å². The standard InChI is InChI=1S/C21H20O3/c1-14(2)10-11-23-17-8-9-18-19(13-17)24-20(21(18)22)12-16-6-4-15(3)5-7-16/h4-10,12-13H,11H2,1-3H3. The van der Waals surface area contributed by atoms with Crippen LogP contribution in [0, 0.1) is 6.92 Å². The monoisotopic (exact) mass is 320 g/mol. The molecule has 0 saturated heterocycles. The Balaban J connectivity index is 1.79. The first-order valence-electron chi connectivity index (χ1n) is 7.94. The molecule has 0 saturated carbocycles. The summed E-state index contributed by atoms with van der Waals surface area (Å²) in [7, 11) is 0. The van der Waals surface area contributed by atoms with Gasteiger partial charge in [0.2, 0.25) is 5.78 Å². The molecule has 1 aliphatic heterocycles. The molecule has 0 fully saturated rings. The third kappa shape index (κ3) is 3.57. The number of hydrogen-bond donors (Lipinski definition) is 0. The van der Waals surface area contributed by atoms with Crippen molar-refractivity contribution >= 4 is 11.9 Å². The predicted octanol–water partition coefficient (Wildman–Crippen LogP) is 4.96. The average molecular weight is 320 g/mol. The summed E-state index contributed by atoms with van der Waals surface area (Å²) in [5.41, 5.74) is 3.89. The molecule has 0 aliphatic carbocycles. The lowest BCUT2D eigenvalue weighted by molar-refractivity contribution is 0.101. The van der Waals surface area contributed by atoms with Crippen molar-refractivity contribution in [3.63, 3.8) is 0 Å². The molecular weight excluding hydrogens is 300 g/mol. The van der Waals surface area contributed by atoms with E-state index in [0.717, 1.165) is 5.56 Å². The number of benzene rings is 2. The van der Waals surface area contributed by atoms with Crippen LogP contribution < -0.4 is 9.47 Å². The van der Waals surface area contributed by atoms with Crippen molar-refractivity contribution in [2.75, 3.05) is 6.61 Å². The third-order valence-corrected chi connectivity index (χ3v) is 3.76. The van der Waals surface area contributed by atoms with Crippen LogP contribution >= 0.6 is 0 Å². The van der Waals surface area contributed by atoms with Gasteiger partial charge in [-0.05, 0) is 50.6 Å². The number of ether oxygens (including phenoxy) is 2. The van der Waals surface area contributed by atoms with Gasteiger partial charge in [0.05, 0.1) is 5.56 Å². The molecule has 0 amide bonds. The highest BCUT2D eigenvalue weighted by molar-refractivity contribution is 6.14. The molecule has 0 unspecified atom stereocenters. The van der Waals surface area contributed by atoms with Crippen molar-refractivity contribution in [2.24, 2.45) is 0 Å². The first-order valence-corrected chi connectivity index (χ1v) is 7.94. The van der Waals surface area contributed by atoms with Gasteiger partial charge < -0.3 is 9.47 Å². The van der Waals surface area contributed by atoms with Gasteiger partial charge in [-0.2, -0.15) is 0 Å². The molecule has 2 aromatic rings. The number of carbonyl (C=O) groups is 1. The fourth-order valence-electron chi connectivity index (χ4n) is 2.38. The van der Waals surface area contributed by atoms with Gasteiger partial charge in [-0.25, -0.2) is 0 Å². The highest BCUT2D eigenvalue weighted by Gasteiger charge is 2.27. The number of fused-ring (bicyclic) bond motifs is 1. The largest absolute Gasteiger partial charge is 0.489 e. The highest BCUT2D eigenvalue weighted by atomic mass is 16.5. The molecule has 0 bridgehead atoms. The first kappa shape index (κ1) is 16.1. The molecule has 3 heteroatoms. The fourth-order valence-corrected chi connectivity index (χ4v) is 2.38. The van der Waals surface area contributed by atoms with Crippen LogP contribution in [0.4, 0.5) is 0 Å². The van der Waals surface area contributed by atoms with Crippen molar-refractivity contribution < 1.29 is 14.3 Å². The summed E-state index contributed by atoms with van der Waals surface area (Å²) in [5.74, 6) is 1.49. The van der Waals surface area contributed by atoms with Crippen molar-refractivity contribution in [3.05, 3.63) is 76.6 Å². The molecule has 3 rings (SSSR count). The quantitative estimate of drug-likeness (QED) is 0.590. The van der Waals surface area contributed by atoms with E-state index in [1.54, 1.807) is 24.3 Å². The number of allylic oxidation sites excluding steroid dienone is 2. The van der Waals surface area contributed by atoms with Gasteiger partial charge in [-0.1, -0.05) is 35.4 Å². The minimum absolute atomic E-state index is 0.0959. The summed E-state index contributed by atoms with van der Waals surface area (Å²) in [6.07, 6.45) is 3.77. The SMILES string of the molecule is CC(C)=CCOc1ccc2c(c1)OC(=Cc1ccc(C)cc1)C2=O. The summed E-state index contributed by atoms with van der Waals surface area (Å²) in [4.78, 5) is 12.4. The van der Waals surface area contributed by atoms with Crippen molar-refractivity contribution in [1.29, 1.82) is 0 Å². The maximum Gasteiger partial charge on any atom is 0.231 e. The van der Waals surface area contributed by atoms with Crippen molar-refractivity contribution in [1.82, 2.24) is 0 Å². The fraction of sp³-hybridized carbons (Fsp3) is 0.190. The summed E-state index contributed by atoms with van der Waals surface area (Å²) in [6, 6.07) is 13.3. The Morgan fingerprint density at radius 1 is 1.12 bits per heavy atom. The molecule has 1 heterocycles. The number of ketones is 1. The highest BCUT2D eigenvalue weighted by Crippen LogP contribution is 2.34. The van der Waals surface area contributed by atoms with Gasteiger partial charge in [0.15, 0.2) is 5.76 Å². The Morgan fingerprint density at radius 2 is 1.88 bits per heavy atom. The van der Waals surface area contributed by atoms with E-state index in [-0.39, 0.29) is 5.78 Å².